The number of carbonyl (C=O) groups excluding carboxylic acids is 2. The summed E-state index contributed by atoms with van der Waals surface area (Å²) in [6, 6.07) is 12.5. The summed E-state index contributed by atoms with van der Waals surface area (Å²) in [6.07, 6.45) is 0.584. The number of ketones is 1. The van der Waals surface area contributed by atoms with Crippen molar-refractivity contribution in [2.24, 2.45) is 0 Å². The van der Waals surface area contributed by atoms with Crippen molar-refractivity contribution in [3.8, 4) is 0 Å². The van der Waals surface area contributed by atoms with Gasteiger partial charge in [-0.1, -0.05) is 30.3 Å². The van der Waals surface area contributed by atoms with Crippen molar-refractivity contribution in [1.82, 2.24) is 5.32 Å². The molecule has 2 aromatic rings. The third-order valence-electron chi connectivity index (χ3n) is 4.07. The van der Waals surface area contributed by atoms with Crippen LogP contribution in [-0.4, -0.2) is 17.7 Å². The fourth-order valence-corrected chi connectivity index (χ4v) is 2.89. The molecule has 0 aliphatic heterocycles. The van der Waals surface area contributed by atoms with E-state index in [0.717, 1.165) is 22.3 Å². The van der Waals surface area contributed by atoms with Crippen LogP contribution in [0.4, 0.5) is 0 Å². The topological polar surface area (TPSA) is 46.2 Å². The maximum atomic E-state index is 12.5. The first kappa shape index (κ1) is 13.6. The van der Waals surface area contributed by atoms with Crippen LogP contribution >= 0.6 is 0 Å². The number of hydrogen-bond acceptors (Lipinski definition) is 2. The number of hydrogen-bond donors (Lipinski definition) is 1. The average Bonchev–Trinajstić information content (AvgIpc) is 2.82. The number of Topliss-reactive ketones (excluding diaryl/α,β-unsaturated/α-hetero) is 1. The highest BCUT2D eigenvalue weighted by atomic mass is 16.2. The summed E-state index contributed by atoms with van der Waals surface area (Å²) in [6.45, 7) is 3.95. The molecule has 1 N–H and O–H groups in total. The van der Waals surface area contributed by atoms with Gasteiger partial charge in [0.25, 0.3) is 5.91 Å². The number of aryl methyl sites for hydroxylation is 2. The highest BCUT2D eigenvalue weighted by Gasteiger charge is 2.33. The molecule has 0 aromatic heterocycles. The van der Waals surface area contributed by atoms with E-state index in [4.69, 9.17) is 0 Å². The maximum Gasteiger partial charge on any atom is 0.251 e. The highest BCUT2D eigenvalue weighted by molar-refractivity contribution is 6.08. The molecular weight excluding hydrogens is 262 g/mol. The van der Waals surface area contributed by atoms with E-state index in [9.17, 15) is 9.59 Å². The standard InChI is InChI=1S/C18H17NO2/c1-11-8-9-12(2)16-14(11)10-15(17(16)20)19-18(21)13-6-4-3-5-7-13/h3-9,15H,10H2,1-2H3,(H,19,21)/t15-/m1/s1. The Hall–Kier alpha value is -2.42. The number of rotatable bonds is 2. The Morgan fingerprint density at radius 2 is 1.71 bits per heavy atom. The zero-order valence-electron chi connectivity index (χ0n) is 12.1. The first-order valence-electron chi connectivity index (χ1n) is 7.07. The Morgan fingerprint density at radius 1 is 1.05 bits per heavy atom. The molecular formula is C18H17NO2. The third-order valence-corrected chi connectivity index (χ3v) is 4.07. The molecule has 106 valence electrons. The van der Waals surface area contributed by atoms with Gasteiger partial charge in [-0.05, 0) is 42.7 Å². The van der Waals surface area contributed by atoms with E-state index in [-0.39, 0.29) is 11.7 Å². The molecule has 21 heavy (non-hydrogen) atoms. The van der Waals surface area contributed by atoms with Gasteiger partial charge in [-0.15, -0.1) is 0 Å². The van der Waals surface area contributed by atoms with Crippen LogP contribution in [-0.2, 0) is 6.42 Å². The van der Waals surface area contributed by atoms with Crippen molar-refractivity contribution in [2.75, 3.05) is 0 Å². The molecule has 0 spiro atoms. The summed E-state index contributed by atoms with van der Waals surface area (Å²) in [4.78, 5) is 24.7. The van der Waals surface area contributed by atoms with E-state index in [1.54, 1.807) is 12.1 Å². The van der Waals surface area contributed by atoms with Gasteiger partial charge in [0.15, 0.2) is 5.78 Å². The van der Waals surface area contributed by atoms with Crippen molar-refractivity contribution in [1.29, 1.82) is 0 Å². The molecule has 3 rings (SSSR count). The smallest absolute Gasteiger partial charge is 0.251 e. The van der Waals surface area contributed by atoms with Crippen molar-refractivity contribution in [2.45, 2.75) is 26.3 Å². The quantitative estimate of drug-likeness (QED) is 0.918. The largest absolute Gasteiger partial charge is 0.342 e. The molecule has 1 aliphatic carbocycles. The number of fused-ring (bicyclic) bond motifs is 1. The van der Waals surface area contributed by atoms with Gasteiger partial charge in [0.2, 0.25) is 0 Å². The second-order valence-electron chi connectivity index (χ2n) is 5.51. The fraction of sp³-hybridized carbons (Fsp3) is 0.222. The molecule has 1 atom stereocenters. The lowest BCUT2D eigenvalue weighted by Crippen LogP contribution is -2.39. The first-order valence-corrected chi connectivity index (χ1v) is 7.07. The molecule has 0 bridgehead atoms. The molecule has 1 aliphatic rings. The van der Waals surface area contributed by atoms with Gasteiger partial charge in [0, 0.05) is 17.5 Å². The van der Waals surface area contributed by atoms with Crippen LogP contribution in [0, 0.1) is 13.8 Å². The molecule has 0 radical (unpaired) electrons. The van der Waals surface area contributed by atoms with Crippen LogP contribution in [0.25, 0.3) is 0 Å². The highest BCUT2D eigenvalue weighted by Crippen LogP contribution is 2.28. The lowest BCUT2D eigenvalue weighted by molar-refractivity contribution is 0.0868. The van der Waals surface area contributed by atoms with Crippen molar-refractivity contribution in [3.63, 3.8) is 0 Å². The summed E-state index contributed by atoms with van der Waals surface area (Å²) in [5, 5.41) is 2.86. The minimum absolute atomic E-state index is 0.0236. The summed E-state index contributed by atoms with van der Waals surface area (Å²) < 4.78 is 0. The average molecular weight is 279 g/mol. The first-order chi connectivity index (χ1) is 10.1. The molecule has 1 amide bonds. The Labute approximate surface area is 124 Å². The minimum Gasteiger partial charge on any atom is -0.342 e. The number of benzene rings is 2. The second-order valence-corrected chi connectivity index (χ2v) is 5.51. The normalized spacial score (nSPS) is 16.7. The molecule has 0 heterocycles. The van der Waals surface area contributed by atoms with E-state index in [0.29, 0.717) is 12.0 Å². The van der Waals surface area contributed by atoms with E-state index >= 15 is 0 Å². The summed E-state index contributed by atoms with van der Waals surface area (Å²) >= 11 is 0. The molecule has 3 heteroatoms. The van der Waals surface area contributed by atoms with Gasteiger partial charge in [0.05, 0.1) is 6.04 Å². The predicted molar refractivity (Wildman–Crippen MR) is 81.6 cm³/mol. The minimum atomic E-state index is -0.451. The van der Waals surface area contributed by atoms with E-state index in [2.05, 4.69) is 5.32 Å². The SMILES string of the molecule is Cc1ccc(C)c2c1C[C@@H](NC(=O)c1ccccc1)C2=O. The molecule has 3 nitrogen and oxygen atoms in total. The summed E-state index contributed by atoms with van der Waals surface area (Å²) in [5.74, 6) is -0.174. The molecule has 0 fully saturated rings. The van der Waals surface area contributed by atoms with Gasteiger partial charge in [-0.2, -0.15) is 0 Å². The zero-order chi connectivity index (χ0) is 15.0. The van der Waals surface area contributed by atoms with Gasteiger partial charge >= 0.3 is 0 Å². The van der Waals surface area contributed by atoms with Crippen LogP contribution in [0.1, 0.15) is 37.4 Å². The molecule has 0 saturated carbocycles. The zero-order valence-corrected chi connectivity index (χ0v) is 12.1. The third kappa shape index (κ3) is 2.35. The van der Waals surface area contributed by atoms with Crippen molar-refractivity contribution >= 4 is 11.7 Å². The number of amides is 1. The summed E-state index contributed by atoms with van der Waals surface area (Å²) in [5.41, 5.74) is 4.53. The van der Waals surface area contributed by atoms with Gasteiger partial charge in [-0.25, -0.2) is 0 Å². The van der Waals surface area contributed by atoms with Crippen LogP contribution in [0.15, 0.2) is 42.5 Å². The second kappa shape index (κ2) is 5.17. The Kier molecular flexibility index (Phi) is 3.34. The van der Waals surface area contributed by atoms with Crippen molar-refractivity contribution < 1.29 is 9.59 Å². The predicted octanol–water partition coefficient (Wildman–Crippen LogP) is 2.84. The Balaban J connectivity index is 1.84. The van der Waals surface area contributed by atoms with E-state index < -0.39 is 6.04 Å². The number of nitrogens with one attached hydrogen (secondary N) is 1. The number of carbonyl (C=O) groups is 2. The lowest BCUT2D eigenvalue weighted by Gasteiger charge is -2.11. The van der Waals surface area contributed by atoms with Gasteiger partial charge in [-0.3, -0.25) is 9.59 Å². The Morgan fingerprint density at radius 3 is 2.38 bits per heavy atom. The van der Waals surface area contributed by atoms with Crippen LogP contribution in [0.2, 0.25) is 0 Å². The monoisotopic (exact) mass is 279 g/mol. The molecule has 2 aromatic carbocycles. The summed E-state index contributed by atoms with van der Waals surface area (Å²) in [7, 11) is 0. The van der Waals surface area contributed by atoms with E-state index in [1.165, 1.54) is 0 Å². The van der Waals surface area contributed by atoms with E-state index in [1.807, 2.05) is 44.2 Å². The van der Waals surface area contributed by atoms with Gasteiger partial charge < -0.3 is 5.32 Å². The van der Waals surface area contributed by atoms with Crippen molar-refractivity contribution in [3.05, 3.63) is 70.3 Å². The lowest BCUT2D eigenvalue weighted by atomic mass is 10.00. The molecule has 0 unspecified atom stereocenters. The Bertz CT molecular complexity index is 719. The molecule has 0 saturated heterocycles. The van der Waals surface area contributed by atoms with Crippen LogP contribution in [0.3, 0.4) is 0 Å². The van der Waals surface area contributed by atoms with Crippen LogP contribution in [0.5, 0.6) is 0 Å². The van der Waals surface area contributed by atoms with Gasteiger partial charge in [0.1, 0.15) is 0 Å². The fourth-order valence-electron chi connectivity index (χ4n) is 2.89. The maximum absolute atomic E-state index is 12.5. The van der Waals surface area contributed by atoms with Crippen LogP contribution < -0.4 is 5.32 Å².